The molecule has 1 fully saturated rings. The summed E-state index contributed by atoms with van der Waals surface area (Å²) < 4.78 is 0. The lowest BCUT2D eigenvalue weighted by molar-refractivity contribution is 0.314. The van der Waals surface area contributed by atoms with Crippen LogP contribution in [0.25, 0.3) is 0 Å². The van der Waals surface area contributed by atoms with Gasteiger partial charge in [0.2, 0.25) is 0 Å². The number of nitrogens with zero attached hydrogens (tertiary/aromatic N) is 2. The zero-order chi connectivity index (χ0) is 12.8. The Morgan fingerprint density at radius 1 is 1.39 bits per heavy atom. The largest absolute Gasteiger partial charge is 0.397 e. The van der Waals surface area contributed by atoms with Crippen molar-refractivity contribution in [2.75, 3.05) is 48.7 Å². The molecule has 0 aliphatic carbocycles. The number of benzene rings is 1. The van der Waals surface area contributed by atoms with E-state index in [0.717, 1.165) is 18.8 Å². The van der Waals surface area contributed by atoms with Gasteiger partial charge in [0.25, 0.3) is 0 Å². The molecule has 96 valence electrons. The Labute approximate surface area is 112 Å². The first kappa shape index (κ1) is 13.1. The number of nitrogens with two attached hydrogens (primary N) is 1. The van der Waals surface area contributed by atoms with Gasteiger partial charge in [-0.1, -0.05) is 0 Å². The fourth-order valence-electron chi connectivity index (χ4n) is 1.95. The third-order valence-electron chi connectivity index (χ3n) is 3.03. The summed E-state index contributed by atoms with van der Waals surface area (Å²) in [5.74, 6) is 2.46. The number of thioether (sulfide) groups is 1. The van der Waals surface area contributed by atoms with Crippen LogP contribution in [0, 0.1) is 11.3 Å². The number of hydrogen-bond acceptors (Lipinski definition) is 5. The maximum absolute atomic E-state index is 8.85. The summed E-state index contributed by atoms with van der Waals surface area (Å²) in [6.07, 6.45) is 0. The van der Waals surface area contributed by atoms with Crippen LogP contribution < -0.4 is 11.1 Å². The molecule has 0 unspecified atom stereocenters. The maximum atomic E-state index is 8.85. The number of anilines is 2. The van der Waals surface area contributed by atoms with Crippen LogP contribution >= 0.6 is 11.8 Å². The molecule has 3 N–H and O–H groups in total. The van der Waals surface area contributed by atoms with Gasteiger partial charge in [0, 0.05) is 37.7 Å². The molecule has 0 bridgehead atoms. The predicted octanol–water partition coefficient (Wildman–Crippen LogP) is 1.60. The normalized spacial score (nSPS) is 16.2. The zero-order valence-electron chi connectivity index (χ0n) is 10.4. The van der Waals surface area contributed by atoms with Crippen LogP contribution in [-0.2, 0) is 0 Å². The third-order valence-corrected chi connectivity index (χ3v) is 3.97. The number of nitriles is 1. The van der Waals surface area contributed by atoms with Gasteiger partial charge in [-0.05, 0) is 18.2 Å². The van der Waals surface area contributed by atoms with Crippen molar-refractivity contribution in [2.45, 2.75) is 0 Å². The van der Waals surface area contributed by atoms with Crippen molar-refractivity contribution in [1.29, 1.82) is 5.26 Å². The van der Waals surface area contributed by atoms with Crippen molar-refractivity contribution in [1.82, 2.24) is 4.90 Å². The molecule has 1 aromatic rings. The zero-order valence-corrected chi connectivity index (χ0v) is 11.2. The van der Waals surface area contributed by atoms with Gasteiger partial charge < -0.3 is 11.1 Å². The molecule has 0 spiro atoms. The lowest BCUT2D eigenvalue weighted by Gasteiger charge is -2.26. The summed E-state index contributed by atoms with van der Waals surface area (Å²) in [5.41, 5.74) is 8.07. The number of nitrogens with one attached hydrogen (secondary N) is 1. The Balaban J connectivity index is 1.84. The summed E-state index contributed by atoms with van der Waals surface area (Å²) in [7, 11) is 0. The minimum atomic E-state index is 0.640. The van der Waals surface area contributed by atoms with Gasteiger partial charge in [-0.15, -0.1) is 0 Å². The van der Waals surface area contributed by atoms with Gasteiger partial charge in [0.15, 0.2) is 0 Å². The summed E-state index contributed by atoms with van der Waals surface area (Å²) in [6.45, 7) is 4.22. The second-order valence-corrected chi connectivity index (χ2v) is 5.52. The minimum absolute atomic E-state index is 0.640. The van der Waals surface area contributed by atoms with Gasteiger partial charge in [-0.3, -0.25) is 4.90 Å². The molecule has 18 heavy (non-hydrogen) atoms. The van der Waals surface area contributed by atoms with Crippen LogP contribution in [0.15, 0.2) is 18.2 Å². The van der Waals surface area contributed by atoms with Crippen molar-refractivity contribution in [3.8, 4) is 6.07 Å². The topological polar surface area (TPSA) is 65.1 Å². The molecule has 0 saturated carbocycles. The fraction of sp³-hybridized carbons (Fsp3) is 0.462. The van der Waals surface area contributed by atoms with E-state index in [2.05, 4.69) is 16.3 Å². The smallest absolute Gasteiger partial charge is 0.0992 e. The van der Waals surface area contributed by atoms with Crippen LogP contribution in [-0.4, -0.2) is 42.6 Å². The molecule has 1 aliphatic heterocycles. The molecule has 1 saturated heterocycles. The van der Waals surface area contributed by atoms with Crippen LogP contribution in [0.4, 0.5) is 11.4 Å². The first-order valence-electron chi connectivity index (χ1n) is 6.13. The second kappa shape index (κ2) is 6.53. The molecule has 0 atom stereocenters. The van der Waals surface area contributed by atoms with Gasteiger partial charge in [0.05, 0.1) is 23.0 Å². The molecular formula is C13H18N4S. The standard InChI is InChI=1S/C13H18N4S/c14-10-11-1-2-12(15)13(9-11)16-3-4-17-5-7-18-8-6-17/h1-2,9,16H,3-8,15H2. The molecule has 0 aromatic heterocycles. The van der Waals surface area contributed by atoms with Crippen LogP contribution in [0.5, 0.6) is 0 Å². The van der Waals surface area contributed by atoms with E-state index in [1.807, 2.05) is 11.8 Å². The maximum Gasteiger partial charge on any atom is 0.0992 e. The highest BCUT2D eigenvalue weighted by Gasteiger charge is 2.09. The Kier molecular flexibility index (Phi) is 4.73. The first-order chi connectivity index (χ1) is 8.79. The van der Waals surface area contributed by atoms with Crippen molar-refractivity contribution in [3.05, 3.63) is 23.8 Å². The van der Waals surface area contributed by atoms with E-state index in [0.29, 0.717) is 11.3 Å². The van der Waals surface area contributed by atoms with Crippen molar-refractivity contribution < 1.29 is 0 Å². The highest BCUT2D eigenvalue weighted by molar-refractivity contribution is 7.99. The first-order valence-corrected chi connectivity index (χ1v) is 7.28. The number of hydrogen-bond donors (Lipinski definition) is 2. The SMILES string of the molecule is N#Cc1ccc(N)c(NCCN2CCSCC2)c1. The Morgan fingerprint density at radius 2 is 2.17 bits per heavy atom. The highest BCUT2D eigenvalue weighted by atomic mass is 32.2. The van der Waals surface area contributed by atoms with Crippen molar-refractivity contribution in [2.24, 2.45) is 0 Å². The van der Waals surface area contributed by atoms with E-state index in [1.54, 1.807) is 18.2 Å². The average Bonchev–Trinajstić information content (AvgIpc) is 2.42. The lowest BCUT2D eigenvalue weighted by Crippen LogP contribution is -2.36. The highest BCUT2D eigenvalue weighted by Crippen LogP contribution is 2.19. The van der Waals surface area contributed by atoms with Gasteiger partial charge in [-0.2, -0.15) is 17.0 Å². The van der Waals surface area contributed by atoms with E-state index in [9.17, 15) is 0 Å². The fourth-order valence-corrected chi connectivity index (χ4v) is 2.93. The molecule has 1 heterocycles. The predicted molar refractivity (Wildman–Crippen MR) is 77.8 cm³/mol. The van der Waals surface area contributed by atoms with E-state index >= 15 is 0 Å². The van der Waals surface area contributed by atoms with Gasteiger partial charge in [-0.25, -0.2) is 0 Å². The summed E-state index contributed by atoms with van der Waals surface area (Å²) >= 11 is 2.02. The molecule has 4 nitrogen and oxygen atoms in total. The molecular weight excluding hydrogens is 244 g/mol. The molecule has 0 amide bonds. The van der Waals surface area contributed by atoms with Crippen LogP contribution in [0.1, 0.15) is 5.56 Å². The number of rotatable bonds is 4. The van der Waals surface area contributed by atoms with Crippen LogP contribution in [0.2, 0.25) is 0 Å². The van der Waals surface area contributed by atoms with Crippen molar-refractivity contribution in [3.63, 3.8) is 0 Å². The Hall–Kier alpha value is -1.38. The molecule has 0 radical (unpaired) electrons. The lowest BCUT2D eigenvalue weighted by atomic mass is 10.2. The molecule has 1 aliphatic rings. The van der Waals surface area contributed by atoms with E-state index in [4.69, 9.17) is 11.0 Å². The molecule has 5 heteroatoms. The monoisotopic (exact) mass is 262 g/mol. The Bertz CT molecular complexity index is 435. The minimum Gasteiger partial charge on any atom is -0.397 e. The van der Waals surface area contributed by atoms with E-state index in [1.165, 1.54) is 24.6 Å². The summed E-state index contributed by atoms with van der Waals surface area (Å²) in [6, 6.07) is 7.45. The molecule has 2 rings (SSSR count). The van der Waals surface area contributed by atoms with Gasteiger partial charge in [0.1, 0.15) is 0 Å². The quantitative estimate of drug-likeness (QED) is 0.807. The van der Waals surface area contributed by atoms with E-state index in [-0.39, 0.29) is 0 Å². The van der Waals surface area contributed by atoms with E-state index < -0.39 is 0 Å². The third kappa shape index (κ3) is 3.56. The van der Waals surface area contributed by atoms with Gasteiger partial charge >= 0.3 is 0 Å². The van der Waals surface area contributed by atoms with Crippen LogP contribution in [0.3, 0.4) is 0 Å². The average molecular weight is 262 g/mol. The second-order valence-electron chi connectivity index (χ2n) is 4.29. The molecule has 1 aromatic carbocycles. The summed E-state index contributed by atoms with van der Waals surface area (Å²) in [5, 5.41) is 12.2. The summed E-state index contributed by atoms with van der Waals surface area (Å²) in [4.78, 5) is 2.45. The number of nitrogen functional groups attached to an aromatic ring is 1. The Morgan fingerprint density at radius 3 is 2.89 bits per heavy atom. The van der Waals surface area contributed by atoms with Crippen molar-refractivity contribution >= 4 is 23.1 Å².